The molecule has 166 valence electrons. The molecular formula is C23H18Br2Cl2N2O3. The van der Waals surface area contributed by atoms with Crippen molar-refractivity contribution >= 4 is 72.8 Å². The predicted molar refractivity (Wildman–Crippen MR) is 129 cm³/mol. The second-order valence-corrected chi connectivity index (χ2v) is 11.4. The number of fused-ring (bicyclic) bond motifs is 5. The summed E-state index contributed by atoms with van der Waals surface area (Å²) in [5.41, 5.74) is 0.979. The number of nitrogens with zero attached hydrogens (tertiary/aromatic N) is 2. The van der Waals surface area contributed by atoms with Crippen molar-refractivity contribution in [3.63, 3.8) is 0 Å². The minimum atomic E-state index is -0.457. The van der Waals surface area contributed by atoms with Gasteiger partial charge in [-0.05, 0) is 54.2 Å². The third-order valence-electron chi connectivity index (χ3n) is 6.81. The molecule has 2 aromatic carbocycles. The van der Waals surface area contributed by atoms with Gasteiger partial charge < -0.3 is 0 Å². The third kappa shape index (κ3) is 3.44. The van der Waals surface area contributed by atoms with Gasteiger partial charge in [0, 0.05) is 25.3 Å². The van der Waals surface area contributed by atoms with Crippen molar-refractivity contribution < 1.29 is 14.4 Å². The van der Waals surface area contributed by atoms with Crippen LogP contribution in [0.15, 0.2) is 48.5 Å². The van der Waals surface area contributed by atoms with Crippen molar-refractivity contribution in [2.75, 3.05) is 0 Å². The molecule has 1 aliphatic heterocycles. The standard InChI is InChI=1S/C23H18Br2Cl2N2O3/c24-19-14-9-15(20(19)25)18-17(14)22(31)29(23(18)32)28(10-12-3-1-2-4-16(12)27)21(30)11-5-7-13(26)8-6-11/h1-8,14-15,17-20H,9-10H2/t14-,15-,17-,18+,19+,20+/m1/s1. The van der Waals surface area contributed by atoms with Gasteiger partial charge in [0.1, 0.15) is 0 Å². The first kappa shape index (κ1) is 22.4. The van der Waals surface area contributed by atoms with E-state index >= 15 is 0 Å². The van der Waals surface area contributed by atoms with E-state index in [0.29, 0.717) is 21.2 Å². The number of alkyl halides is 2. The summed E-state index contributed by atoms with van der Waals surface area (Å²) in [4.78, 5) is 40.9. The molecule has 0 unspecified atom stereocenters. The Bertz CT molecular complexity index is 1080. The molecule has 9 heteroatoms. The Labute approximate surface area is 212 Å². The van der Waals surface area contributed by atoms with Crippen LogP contribution in [0.25, 0.3) is 0 Å². The first-order chi connectivity index (χ1) is 15.3. The molecule has 2 bridgehead atoms. The number of carbonyl (C=O) groups is 3. The fraction of sp³-hybridized carbons (Fsp3) is 0.348. The van der Waals surface area contributed by atoms with E-state index in [-0.39, 0.29) is 39.8 Å². The van der Waals surface area contributed by atoms with Gasteiger partial charge >= 0.3 is 0 Å². The largest absolute Gasteiger partial charge is 0.273 e. The molecule has 0 N–H and O–H groups in total. The predicted octanol–water partition coefficient (Wildman–Crippen LogP) is 5.33. The van der Waals surface area contributed by atoms with Crippen molar-refractivity contribution in [2.45, 2.75) is 22.6 Å². The quantitative estimate of drug-likeness (QED) is 0.352. The van der Waals surface area contributed by atoms with E-state index < -0.39 is 17.7 Å². The zero-order valence-electron chi connectivity index (χ0n) is 16.6. The van der Waals surface area contributed by atoms with Gasteiger partial charge in [0.2, 0.25) is 0 Å². The smallest absolute Gasteiger partial charge is 0.272 e. The summed E-state index contributed by atoms with van der Waals surface area (Å²) >= 11 is 19.7. The molecule has 1 saturated heterocycles. The van der Waals surface area contributed by atoms with E-state index in [1.54, 1.807) is 48.5 Å². The molecule has 3 fully saturated rings. The molecule has 0 radical (unpaired) electrons. The number of hydrogen-bond acceptors (Lipinski definition) is 3. The highest BCUT2D eigenvalue weighted by Crippen LogP contribution is 2.60. The zero-order chi connectivity index (χ0) is 22.7. The maximum atomic E-state index is 13.6. The van der Waals surface area contributed by atoms with E-state index in [1.807, 2.05) is 0 Å². The molecule has 32 heavy (non-hydrogen) atoms. The molecule has 0 aromatic heterocycles. The minimum absolute atomic E-state index is 0.00285. The van der Waals surface area contributed by atoms with Crippen LogP contribution >= 0.6 is 55.1 Å². The van der Waals surface area contributed by atoms with Gasteiger partial charge in [0.05, 0.1) is 18.4 Å². The Morgan fingerprint density at radius 2 is 1.50 bits per heavy atom. The van der Waals surface area contributed by atoms with Crippen molar-refractivity contribution in [2.24, 2.45) is 23.7 Å². The second-order valence-electron chi connectivity index (χ2n) is 8.45. The summed E-state index contributed by atoms with van der Waals surface area (Å²) in [5.74, 6) is -1.81. The fourth-order valence-corrected chi connectivity index (χ4v) is 7.53. The van der Waals surface area contributed by atoms with Crippen molar-refractivity contribution in [3.05, 3.63) is 69.7 Å². The topological polar surface area (TPSA) is 57.7 Å². The maximum absolute atomic E-state index is 13.6. The maximum Gasteiger partial charge on any atom is 0.273 e. The van der Waals surface area contributed by atoms with Crippen LogP contribution in [-0.4, -0.2) is 37.4 Å². The molecule has 3 aliphatic rings. The number of rotatable bonds is 4. The van der Waals surface area contributed by atoms with E-state index in [9.17, 15) is 14.4 Å². The highest BCUT2D eigenvalue weighted by Gasteiger charge is 2.67. The number of amides is 3. The lowest BCUT2D eigenvalue weighted by Gasteiger charge is -2.31. The Morgan fingerprint density at radius 3 is 2.06 bits per heavy atom. The van der Waals surface area contributed by atoms with Gasteiger partial charge in [-0.15, -0.1) is 0 Å². The van der Waals surface area contributed by atoms with Gasteiger partial charge in [-0.25, -0.2) is 5.01 Å². The van der Waals surface area contributed by atoms with Crippen molar-refractivity contribution in [1.29, 1.82) is 0 Å². The molecule has 5 rings (SSSR count). The van der Waals surface area contributed by atoms with Gasteiger partial charge in [-0.1, -0.05) is 73.3 Å². The van der Waals surface area contributed by atoms with Crippen LogP contribution < -0.4 is 0 Å². The monoisotopic (exact) mass is 598 g/mol. The van der Waals surface area contributed by atoms with E-state index in [4.69, 9.17) is 23.2 Å². The molecule has 6 atom stereocenters. The van der Waals surface area contributed by atoms with Crippen LogP contribution in [0.4, 0.5) is 0 Å². The lowest BCUT2D eigenvalue weighted by molar-refractivity contribution is -0.156. The highest BCUT2D eigenvalue weighted by atomic mass is 79.9. The number of benzene rings is 2. The molecular weight excluding hydrogens is 583 g/mol. The molecule has 5 nitrogen and oxygen atoms in total. The highest BCUT2D eigenvalue weighted by molar-refractivity contribution is 9.12. The van der Waals surface area contributed by atoms with E-state index in [0.717, 1.165) is 11.4 Å². The van der Waals surface area contributed by atoms with Gasteiger partial charge in [-0.3, -0.25) is 14.4 Å². The van der Waals surface area contributed by atoms with Crippen LogP contribution in [0.1, 0.15) is 22.3 Å². The third-order valence-corrected chi connectivity index (χ3v) is 10.6. The number of halogens is 4. The number of imide groups is 1. The average Bonchev–Trinajstić information content (AvgIpc) is 3.39. The minimum Gasteiger partial charge on any atom is -0.272 e. The first-order valence-corrected chi connectivity index (χ1v) is 12.8. The van der Waals surface area contributed by atoms with Crippen LogP contribution in [0.2, 0.25) is 10.0 Å². The van der Waals surface area contributed by atoms with Crippen LogP contribution in [0, 0.1) is 23.7 Å². The van der Waals surface area contributed by atoms with Crippen LogP contribution in [0.3, 0.4) is 0 Å². The van der Waals surface area contributed by atoms with Crippen molar-refractivity contribution in [1.82, 2.24) is 10.0 Å². The summed E-state index contributed by atoms with van der Waals surface area (Å²) in [5, 5.41) is 3.26. The number of carbonyl (C=O) groups excluding carboxylic acids is 3. The second kappa shape index (κ2) is 8.42. The van der Waals surface area contributed by atoms with Gasteiger partial charge in [0.25, 0.3) is 17.7 Å². The van der Waals surface area contributed by atoms with Gasteiger partial charge in [-0.2, -0.15) is 5.01 Å². The number of hydrogen-bond donors (Lipinski definition) is 0. The SMILES string of the molecule is O=C(c1ccc(Cl)cc1)N(Cc1ccccc1Cl)N1C(=O)[C@@H]2[C@H]3C[C@@H]([C@H](Br)[C@H]3Br)[C@@H]2C1=O. The normalized spacial score (nSPS) is 30.7. The molecule has 1 heterocycles. The zero-order valence-corrected chi connectivity index (χ0v) is 21.3. The van der Waals surface area contributed by atoms with Crippen molar-refractivity contribution in [3.8, 4) is 0 Å². The summed E-state index contributed by atoms with van der Waals surface area (Å²) in [6.45, 7) is 0.00285. The fourth-order valence-electron chi connectivity index (χ4n) is 5.33. The molecule has 0 spiro atoms. The molecule has 2 aliphatic carbocycles. The number of hydrazine groups is 1. The average molecular weight is 601 g/mol. The molecule has 3 amide bonds. The molecule has 2 saturated carbocycles. The Balaban J connectivity index is 1.54. The lowest BCUT2D eigenvalue weighted by atomic mass is 9.81. The summed E-state index contributed by atoms with van der Waals surface area (Å²) in [6.07, 6.45) is 0.822. The van der Waals surface area contributed by atoms with E-state index in [2.05, 4.69) is 31.9 Å². The van der Waals surface area contributed by atoms with Crippen LogP contribution in [-0.2, 0) is 16.1 Å². The summed E-state index contributed by atoms with van der Waals surface area (Å²) in [6, 6.07) is 13.5. The first-order valence-electron chi connectivity index (χ1n) is 10.3. The van der Waals surface area contributed by atoms with Gasteiger partial charge in [0.15, 0.2) is 0 Å². The Hall–Kier alpha value is -1.41. The van der Waals surface area contributed by atoms with E-state index in [1.165, 1.54) is 5.01 Å². The lowest BCUT2D eigenvalue weighted by Crippen LogP contribution is -2.50. The Kier molecular flexibility index (Phi) is 5.89. The molecule has 2 aromatic rings. The summed E-state index contributed by atoms with van der Waals surface area (Å²) < 4.78 is 0. The van der Waals surface area contributed by atoms with Crippen LogP contribution in [0.5, 0.6) is 0 Å². The Morgan fingerprint density at radius 1 is 0.938 bits per heavy atom. The summed E-state index contributed by atoms with van der Waals surface area (Å²) in [7, 11) is 0.